The van der Waals surface area contributed by atoms with E-state index in [1.807, 2.05) is 18.2 Å². The summed E-state index contributed by atoms with van der Waals surface area (Å²) in [5, 5.41) is 3.14. The van der Waals surface area contributed by atoms with Gasteiger partial charge in [0.05, 0.1) is 30.5 Å². The number of nitrogens with one attached hydrogen (secondary N) is 1. The monoisotopic (exact) mass is 423 g/mol. The van der Waals surface area contributed by atoms with Gasteiger partial charge in [-0.1, -0.05) is 27.5 Å². The van der Waals surface area contributed by atoms with E-state index in [1.54, 1.807) is 18.2 Å². The van der Waals surface area contributed by atoms with Gasteiger partial charge in [-0.05, 0) is 24.3 Å². The smallest absolute Gasteiger partial charge is 0.255 e. The van der Waals surface area contributed by atoms with Crippen molar-refractivity contribution < 1.29 is 19.0 Å². The number of carbonyl (C=O) groups excluding carboxylic acids is 1. The first-order valence-corrected chi connectivity index (χ1v) is 8.54. The first kappa shape index (κ1) is 17.6. The van der Waals surface area contributed by atoms with Crippen LogP contribution < -0.4 is 19.5 Å². The number of ether oxygens (including phenoxy) is 3. The third kappa shape index (κ3) is 3.75. The minimum Gasteiger partial charge on any atom is -0.493 e. The van der Waals surface area contributed by atoms with Crippen molar-refractivity contribution >= 4 is 45.2 Å². The van der Waals surface area contributed by atoms with Crippen LogP contribution in [0.15, 0.2) is 40.4 Å². The Balaban J connectivity index is 1.86. The van der Waals surface area contributed by atoms with Gasteiger partial charge in [-0.15, -0.1) is 0 Å². The van der Waals surface area contributed by atoms with Crippen molar-refractivity contribution in [1.29, 1.82) is 0 Å². The van der Waals surface area contributed by atoms with Crippen molar-refractivity contribution in [2.45, 2.75) is 0 Å². The maximum Gasteiger partial charge on any atom is 0.255 e. The van der Waals surface area contributed by atoms with Gasteiger partial charge in [0, 0.05) is 22.2 Å². The van der Waals surface area contributed by atoms with Crippen molar-refractivity contribution in [3.05, 3.63) is 51.0 Å². The normalized spacial score (nSPS) is 12.6. The van der Waals surface area contributed by atoms with Crippen LogP contribution in [0.2, 0.25) is 5.02 Å². The molecule has 0 aliphatic carbocycles. The zero-order valence-corrected chi connectivity index (χ0v) is 15.9. The van der Waals surface area contributed by atoms with Gasteiger partial charge in [0.25, 0.3) is 5.91 Å². The number of hydrogen-bond donors (Lipinski definition) is 1. The molecule has 1 aliphatic rings. The van der Waals surface area contributed by atoms with Gasteiger partial charge in [0.15, 0.2) is 11.5 Å². The average molecular weight is 425 g/mol. The summed E-state index contributed by atoms with van der Waals surface area (Å²) in [5.41, 5.74) is 1.77. The summed E-state index contributed by atoms with van der Waals surface area (Å²) in [6.07, 6.45) is 1.80. The summed E-state index contributed by atoms with van der Waals surface area (Å²) in [6, 6.07) is 8.85. The molecule has 2 aromatic rings. The van der Waals surface area contributed by atoms with Crippen LogP contribution in [-0.4, -0.2) is 26.7 Å². The van der Waals surface area contributed by atoms with E-state index in [0.29, 0.717) is 27.8 Å². The highest BCUT2D eigenvalue weighted by molar-refractivity contribution is 9.10. The van der Waals surface area contributed by atoms with Crippen molar-refractivity contribution in [2.24, 2.45) is 0 Å². The summed E-state index contributed by atoms with van der Waals surface area (Å²) in [7, 11) is 3.04. The van der Waals surface area contributed by atoms with Crippen molar-refractivity contribution in [1.82, 2.24) is 0 Å². The van der Waals surface area contributed by atoms with Crippen LogP contribution in [0.3, 0.4) is 0 Å². The highest BCUT2D eigenvalue weighted by atomic mass is 79.9. The molecule has 1 aliphatic heterocycles. The standard InChI is InChI=1S/C18H15BrClNO4/c1-23-16-7-13(20)14(8-17(16)24-2)21-18(22)11-5-10-6-12(19)3-4-15(10)25-9-11/h3-8H,9H2,1-2H3,(H,21,22). The maximum atomic E-state index is 12.6. The van der Waals surface area contributed by atoms with Gasteiger partial charge >= 0.3 is 0 Å². The summed E-state index contributed by atoms with van der Waals surface area (Å²) >= 11 is 9.63. The summed E-state index contributed by atoms with van der Waals surface area (Å²) in [4.78, 5) is 12.6. The molecule has 0 aromatic heterocycles. The molecule has 1 amide bonds. The number of fused-ring (bicyclic) bond motifs is 1. The molecule has 0 unspecified atom stereocenters. The molecule has 3 rings (SSSR count). The third-order valence-corrected chi connectivity index (χ3v) is 4.50. The van der Waals surface area contributed by atoms with Gasteiger partial charge in [-0.25, -0.2) is 0 Å². The Labute approximate surface area is 158 Å². The lowest BCUT2D eigenvalue weighted by Crippen LogP contribution is -2.21. The largest absolute Gasteiger partial charge is 0.493 e. The topological polar surface area (TPSA) is 56.8 Å². The first-order chi connectivity index (χ1) is 12.0. The number of anilines is 1. The van der Waals surface area contributed by atoms with Crippen molar-refractivity contribution in [2.75, 3.05) is 26.1 Å². The number of methoxy groups -OCH3 is 2. The molecule has 2 aromatic carbocycles. The lowest BCUT2D eigenvalue weighted by atomic mass is 10.1. The number of halogens is 2. The summed E-state index contributed by atoms with van der Waals surface area (Å²) in [6.45, 7) is 0.186. The highest BCUT2D eigenvalue weighted by Gasteiger charge is 2.19. The molecule has 25 heavy (non-hydrogen) atoms. The second-order valence-corrected chi connectivity index (χ2v) is 6.60. The molecule has 0 spiro atoms. The van der Waals surface area contributed by atoms with Gasteiger partial charge in [0.2, 0.25) is 0 Å². The number of amides is 1. The number of benzene rings is 2. The minimum atomic E-state index is -0.292. The fourth-order valence-corrected chi connectivity index (χ4v) is 3.01. The molecule has 1 heterocycles. The Bertz CT molecular complexity index is 866. The molecule has 7 heteroatoms. The van der Waals surface area contributed by atoms with E-state index in [1.165, 1.54) is 14.2 Å². The first-order valence-electron chi connectivity index (χ1n) is 7.37. The fraction of sp³-hybridized carbons (Fsp3) is 0.167. The SMILES string of the molecule is COc1cc(Cl)c(NC(=O)C2=Cc3cc(Br)ccc3OC2)cc1OC. The van der Waals surface area contributed by atoms with Crippen LogP contribution in [0, 0.1) is 0 Å². The van der Waals surface area contributed by atoms with Gasteiger partial charge in [0.1, 0.15) is 12.4 Å². The van der Waals surface area contributed by atoms with E-state index in [4.69, 9.17) is 25.8 Å². The molecule has 1 N–H and O–H groups in total. The Kier molecular flexibility index (Phi) is 5.20. The molecule has 0 fully saturated rings. The zero-order valence-electron chi connectivity index (χ0n) is 13.6. The van der Waals surface area contributed by atoms with E-state index in [0.717, 1.165) is 15.8 Å². The molecule has 5 nitrogen and oxygen atoms in total. The molecule has 0 radical (unpaired) electrons. The Morgan fingerprint density at radius 1 is 1.20 bits per heavy atom. The molecule has 0 saturated carbocycles. The predicted molar refractivity (Wildman–Crippen MR) is 101 cm³/mol. The minimum absolute atomic E-state index is 0.186. The number of hydrogen-bond acceptors (Lipinski definition) is 4. The molecule has 0 bridgehead atoms. The highest BCUT2D eigenvalue weighted by Crippen LogP contribution is 2.36. The number of rotatable bonds is 4. The Hall–Kier alpha value is -2.18. The van der Waals surface area contributed by atoms with Gasteiger partial charge in [-0.3, -0.25) is 4.79 Å². The Morgan fingerprint density at radius 3 is 2.64 bits per heavy atom. The third-order valence-electron chi connectivity index (χ3n) is 3.70. The molecular formula is C18H15BrClNO4. The van der Waals surface area contributed by atoms with Crippen LogP contribution in [0.25, 0.3) is 6.08 Å². The predicted octanol–water partition coefficient (Wildman–Crippen LogP) is 4.53. The molecule has 0 atom stereocenters. The second kappa shape index (κ2) is 7.37. The van der Waals surface area contributed by atoms with E-state index >= 15 is 0 Å². The number of carbonyl (C=O) groups is 1. The maximum absolute atomic E-state index is 12.6. The van der Waals surface area contributed by atoms with E-state index < -0.39 is 0 Å². The van der Waals surface area contributed by atoms with Crippen LogP contribution >= 0.6 is 27.5 Å². The van der Waals surface area contributed by atoms with Crippen molar-refractivity contribution in [3.8, 4) is 17.2 Å². The lowest BCUT2D eigenvalue weighted by molar-refractivity contribution is -0.113. The van der Waals surface area contributed by atoms with E-state index in [2.05, 4.69) is 21.2 Å². The second-order valence-electron chi connectivity index (χ2n) is 5.28. The summed E-state index contributed by atoms with van der Waals surface area (Å²) < 4.78 is 17.0. The lowest BCUT2D eigenvalue weighted by Gasteiger charge is -2.18. The van der Waals surface area contributed by atoms with E-state index in [-0.39, 0.29) is 12.5 Å². The molecule has 0 saturated heterocycles. The van der Waals surface area contributed by atoms with Crippen LogP contribution in [0.4, 0.5) is 5.69 Å². The Morgan fingerprint density at radius 2 is 1.92 bits per heavy atom. The summed E-state index contributed by atoms with van der Waals surface area (Å²) in [5.74, 6) is 1.42. The van der Waals surface area contributed by atoms with Crippen LogP contribution in [0.1, 0.15) is 5.56 Å². The zero-order chi connectivity index (χ0) is 18.0. The average Bonchev–Trinajstić information content (AvgIpc) is 2.62. The van der Waals surface area contributed by atoms with Gasteiger partial charge < -0.3 is 19.5 Å². The molecular weight excluding hydrogens is 410 g/mol. The van der Waals surface area contributed by atoms with E-state index in [9.17, 15) is 4.79 Å². The fourth-order valence-electron chi connectivity index (χ4n) is 2.43. The van der Waals surface area contributed by atoms with Crippen LogP contribution in [0.5, 0.6) is 17.2 Å². The van der Waals surface area contributed by atoms with Gasteiger partial charge in [-0.2, -0.15) is 0 Å². The quantitative estimate of drug-likeness (QED) is 0.783. The molecule has 130 valence electrons. The van der Waals surface area contributed by atoms with Crippen molar-refractivity contribution in [3.63, 3.8) is 0 Å². The van der Waals surface area contributed by atoms with Crippen LogP contribution in [-0.2, 0) is 4.79 Å².